The molecule has 0 atom stereocenters. The molecular weight excluding hydrogens is 310 g/mol. The van der Waals surface area contributed by atoms with Crippen molar-refractivity contribution in [2.75, 3.05) is 42.9 Å². The lowest BCUT2D eigenvalue weighted by Crippen LogP contribution is -2.46. The first-order valence-corrected chi connectivity index (χ1v) is 9.25. The Morgan fingerprint density at radius 2 is 1.88 bits per heavy atom. The van der Waals surface area contributed by atoms with Crippen molar-refractivity contribution in [1.82, 2.24) is 14.9 Å². The molecule has 1 aliphatic heterocycles. The van der Waals surface area contributed by atoms with Crippen molar-refractivity contribution >= 4 is 17.5 Å². The van der Waals surface area contributed by atoms with Gasteiger partial charge in [-0.05, 0) is 36.6 Å². The van der Waals surface area contributed by atoms with Gasteiger partial charge in [0, 0.05) is 38.1 Å². The molecule has 134 valence electrons. The Kier molecular flexibility index (Phi) is 5.53. The average molecular weight is 339 g/mol. The van der Waals surface area contributed by atoms with E-state index in [1.807, 2.05) is 12.3 Å². The van der Waals surface area contributed by atoms with Crippen LogP contribution in [0.15, 0.2) is 30.5 Å². The SMILES string of the molecule is CCN1CCN(c2ccnc(Nc3c(C)cccc3C(C)C)n2)CC1. The summed E-state index contributed by atoms with van der Waals surface area (Å²) in [6, 6.07) is 8.42. The highest BCUT2D eigenvalue weighted by molar-refractivity contribution is 5.64. The van der Waals surface area contributed by atoms with Crippen LogP contribution < -0.4 is 10.2 Å². The molecule has 2 aromatic rings. The van der Waals surface area contributed by atoms with Gasteiger partial charge in [0.2, 0.25) is 5.95 Å². The van der Waals surface area contributed by atoms with Crippen molar-refractivity contribution in [1.29, 1.82) is 0 Å². The Bertz CT molecular complexity index is 705. The number of aromatic nitrogens is 2. The fraction of sp³-hybridized carbons (Fsp3) is 0.500. The molecule has 2 heterocycles. The second-order valence-electron chi connectivity index (χ2n) is 6.98. The zero-order valence-electron chi connectivity index (χ0n) is 15.8. The van der Waals surface area contributed by atoms with Crippen LogP contribution in [0.25, 0.3) is 0 Å². The minimum absolute atomic E-state index is 0.452. The quantitative estimate of drug-likeness (QED) is 0.898. The Morgan fingerprint density at radius 1 is 1.12 bits per heavy atom. The molecule has 0 saturated carbocycles. The third kappa shape index (κ3) is 4.10. The summed E-state index contributed by atoms with van der Waals surface area (Å²) < 4.78 is 0. The first-order valence-electron chi connectivity index (χ1n) is 9.25. The van der Waals surface area contributed by atoms with E-state index in [4.69, 9.17) is 4.98 Å². The van der Waals surface area contributed by atoms with E-state index in [0.29, 0.717) is 11.9 Å². The molecular formula is C20H29N5. The van der Waals surface area contributed by atoms with Crippen molar-refractivity contribution in [3.63, 3.8) is 0 Å². The molecule has 5 heteroatoms. The molecule has 1 fully saturated rings. The third-order valence-corrected chi connectivity index (χ3v) is 4.95. The molecule has 1 aromatic heterocycles. The van der Waals surface area contributed by atoms with Crippen molar-refractivity contribution in [2.45, 2.75) is 33.6 Å². The number of hydrogen-bond donors (Lipinski definition) is 1. The summed E-state index contributed by atoms with van der Waals surface area (Å²) in [4.78, 5) is 14.0. The van der Waals surface area contributed by atoms with Gasteiger partial charge in [-0.3, -0.25) is 0 Å². The maximum Gasteiger partial charge on any atom is 0.229 e. The van der Waals surface area contributed by atoms with Crippen molar-refractivity contribution < 1.29 is 0 Å². The maximum absolute atomic E-state index is 4.77. The van der Waals surface area contributed by atoms with E-state index in [-0.39, 0.29) is 0 Å². The van der Waals surface area contributed by atoms with Gasteiger partial charge in [0.1, 0.15) is 5.82 Å². The fourth-order valence-corrected chi connectivity index (χ4v) is 3.33. The summed E-state index contributed by atoms with van der Waals surface area (Å²) in [5, 5.41) is 3.46. The Morgan fingerprint density at radius 3 is 2.56 bits per heavy atom. The van der Waals surface area contributed by atoms with Crippen LogP contribution >= 0.6 is 0 Å². The highest BCUT2D eigenvalue weighted by Gasteiger charge is 2.17. The minimum atomic E-state index is 0.452. The summed E-state index contributed by atoms with van der Waals surface area (Å²) in [6.07, 6.45) is 1.85. The second-order valence-corrected chi connectivity index (χ2v) is 6.98. The number of hydrogen-bond acceptors (Lipinski definition) is 5. The predicted molar refractivity (Wildman–Crippen MR) is 105 cm³/mol. The van der Waals surface area contributed by atoms with Gasteiger partial charge in [-0.15, -0.1) is 0 Å². The summed E-state index contributed by atoms with van der Waals surface area (Å²) in [6.45, 7) is 14.1. The smallest absolute Gasteiger partial charge is 0.229 e. The molecule has 1 aliphatic rings. The maximum atomic E-state index is 4.77. The molecule has 0 amide bonds. The lowest BCUT2D eigenvalue weighted by molar-refractivity contribution is 0.270. The number of benzene rings is 1. The van der Waals surface area contributed by atoms with E-state index in [1.54, 1.807) is 0 Å². The highest BCUT2D eigenvalue weighted by atomic mass is 15.3. The van der Waals surface area contributed by atoms with Gasteiger partial charge < -0.3 is 15.1 Å². The van der Waals surface area contributed by atoms with E-state index in [2.05, 4.69) is 66.0 Å². The zero-order valence-corrected chi connectivity index (χ0v) is 15.8. The summed E-state index contributed by atoms with van der Waals surface area (Å²) in [7, 11) is 0. The van der Waals surface area contributed by atoms with Crippen molar-refractivity contribution in [3.05, 3.63) is 41.6 Å². The van der Waals surface area contributed by atoms with E-state index in [1.165, 1.54) is 11.1 Å². The Balaban J connectivity index is 1.79. The lowest BCUT2D eigenvalue weighted by Gasteiger charge is -2.34. The largest absolute Gasteiger partial charge is 0.354 e. The molecule has 0 unspecified atom stereocenters. The van der Waals surface area contributed by atoms with Gasteiger partial charge in [0.15, 0.2) is 0 Å². The number of para-hydroxylation sites is 1. The monoisotopic (exact) mass is 339 g/mol. The normalized spacial score (nSPS) is 15.6. The molecule has 3 rings (SSSR count). The molecule has 0 bridgehead atoms. The van der Waals surface area contributed by atoms with Crippen LogP contribution in [0, 0.1) is 6.92 Å². The van der Waals surface area contributed by atoms with Crippen molar-refractivity contribution in [2.24, 2.45) is 0 Å². The number of piperazine rings is 1. The van der Waals surface area contributed by atoms with E-state index in [0.717, 1.165) is 44.2 Å². The Labute approximate surface area is 151 Å². The van der Waals surface area contributed by atoms with E-state index < -0.39 is 0 Å². The van der Waals surface area contributed by atoms with Gasteiger partial charge in [-0.1, -0.05) is 39.0 Å². The Hall–Kier alpha value is -2.14. The number of nitrogens with one attached hydrogen (secondary N) is 1. The third-order valence-electron chi connectivity index (χ3n) is 4.95. The van der Waals surface area contributed by atoms with Gasteiger partial charge in [0.25, 0.3) is 0 Å². The van der Waals surface area contributed by atoms with E-state index >= 15 is 0 Å². The predicted octanol–water partition coefficient (Wildman–Crippen LogP) is 3.79. The van der Waals surface area contributed by atoms with Gasteiger partial charge >= 0.3 is 0 Å². The molecule has 1 saturated heterocycles. The number of rotatable bonds is 5. The van der Waals surface area contributed by atoms with Crippen LogP contribution in [0.5, 0.6) is 0 Å². The van der Waals surface area contributed by atoms with Crippen LogP contribution in [0.4, 0.5) is 17.5 Å². The first kappa shape index (κ1) is 17.7. The van der Waals surface area contributed by atoms with Gasteiger partial charge in [0.05, 0.1) is 0 Å². The van der Waals surface area contributed by atoms with Gasteiger partial charge in [-0.2, -0.15) is 4.98 Å². The summed E-state index contributed by atoms with van der Waals surface area (Å²) in [5.74, 6) is 2.13. The highest BCUT2D eigenvalue weighted by Crippen LogP contribution is 2.29. The van der Waals surface area contributed by atoms with Crippen LogP contribution in [-0.2, 0) is 0 Å². The molecule has 0 radical (unpaired) electrons. The fourth-order valence-electron chi connectivity index (χ4n) is 3.33. The van der Waals surface area contributed by atoms with Crippen LogP contribution in [0.3, 0.4) is 0 Å². The standard InChI is InChI=1S/C20H29N5/c1-5-24-11-13-25(14-12-24)18-9-10-21-20(22-18)23-19-16(4)7-6-8-17(19)15(2)3/h6-10,15H,5,11-14H2,1-4H3,(H,21,22,23). The molecule has 0 spiro atoms. The topological polar surface area (TPSA) is 44.3 Å². The van der Waals surface area contributed by atoms with Gasteiger partial charge in [-0.25, -0.2) is 4.98 Å². The van der Waals surface area contributed by atoms with Crippen LogP contribution in [0.2, 0.25) is 0 Å². The summed E-state index contributed by atoms with van der Waals surface area (Å²) in [5.41, 5.74) is 3.65. The molecule has 5 nitrogen and oxygen atoms in total. The summed E-state index contributed by atoms with van der Waals surface area (Å²) >= 11 is 0. The minimum Gasteiger partial charge on any atom is -0.354 e. The number of aryl methyl sites for hydroxylation is 1. The van der Waals surface area contributed by atoms with Crippen LogP contribution in [-0.4, -0.2) is 47.6 Å². The van der Waals surface area contributed by atoms with Crippen LogP contribution in [0.1, 0.15) is 37.8 Å². The second kappa shape index (κ2) is 7.83. The number of anilines is 3. The molecule has 0 aliphatic carbocycles. The van der Waals surface area contributed by atoms with Crippen molar-refractivity contribution in [3.8, 4) is 0 Å². The van der Waals surface area contributed by atoms with E-state index in [9.17, 15) is 0 Å². The first-order chi connectivity index (χ1) is 12.1. The molecule has 1 N–H and O–H groups in total. The zero-order chi connectivity index (χ0) is 17.8. The molecule has 25 heavy (non-hydrogen) atoms. The number of likely N-dealkylation sites (N-methyl/N-ethyl adjacent to an activating group) is 1. The molecule has 1 aromatic carbocycles. The average Bonchev–Trinajstić information content (AvgIpc) is 2.63. The number of nitrogens with zero attached hydrogens (tertiary/aromatic N) is 4. The lowest BCUT2D eigenvalue weighted by atomic mass is 9.98.